The summed E-state index contributed by atoms with van der Waals surface area (Å²) in [6, 6.07) is 2.92. The van der Waals surface area contributed by atoms with Crippen molar-refractivity contribution in [1.29, 1.82) is 0 Å². The molecule has 0 saturated carbocycles. The first-order valence-electron chi connectivity index (χ1n) is 8.99. The summed E-state index contributed by atoms with van der Waals surface area (Å²) in [6.07, 6.45) is 3.99. The topological polar surface area (TPSA) is 63.6 Å². The molecule has 0 bridgehead atoms. The Labute approximate surface area is 158 Å². The first-order valence-corrected chi connectivity index (χ1v) is 12.7. The van der Waals surface area contributed by atoms with Gasteiger partial charge in [-0.25, -0.2) is 9.59 Å². The molecule has 0 radical (unpaired) electrons. The van der Waals surface area contributed by atoms with Crippen molar-refractivity contribution in [1.82, 2.24) is 0 Å². The maximum atomic E-state index is 12.0. The molecule has 0 aliphatic heterocycles. The van der Waals surface area contributed by atoms with E-state index in [1.54, 1.807) is 13.0 Å². The van der Waals surface area contributed by atoms with E-state index >= 15 is 0 Å². The summed E-state index contributed by atoms with van der Waals surface area (Å²) in [5.41, 5.74) is 3.23. The molecular formula is C21H32O4Si. The van der Waals surface area contributed by atoms with Crippen molar-refractivity contribution in [2.24, 2.45) is 0 Å². The van der Waals surface area contributed by atoms with Crippen LogP contribution in [0.5, 0.6) is 0 Å². The molecule has 0 aliphatic rings. The van der Waals surface area contributed by atoms with Crippen molar-refractivity contribution in [3.63, 3.8) is 0 Å². The smallest absolute Gasteiger partial charge is 0.336 e. The highest BCUT2D eigenvalue weighted by Crippen LogP contribution is 2.27. The van der Waals surface area contributed by atoms with Crippen LogP contribution in [0, 0.1) is 13.8 Å². The molecule has 26 heavy (non-hydrogen) atoms. The van der Waals surface area contributed by atoms with E-state index in [1.807, 2.05) is 33.8 Å². The lowest BCUT2D eigenvalue weighted by molar-refractivity contribution is -0.148. The molecule has 144 valence electrons. The minimum absolute atomic E-state index is 0.366. The highest BCUT2D eigenvalue weighted by atomic mass is 28.3. The van der Waals surface area contributed by atoms with Crippen LogP contribution in [0.3, 0.4) is 0 Å². The molecular weight excluding hydrogens is 344 g/mol. The first kappa shape index (κ1) is 22.2. The Bertz CT molecular complexity index is 719. The van der Waals surface area contributed by atoms with Crippen molar-refractivity contribution < 1.29 is 19.4 Å². The third kappa shape index (κ3) is 6.79. The number of rotatable bonds is 6. The van der Waals surface area contributed by atoms with E-state index in [0.29, 0.717) is 11.1 Å². The van der Waals surface area contributed by atoms with Gasteiger partial charge in [0.1, 0.15) is 5.60 Å². The average molecular weight is 377 g/mol. The Morgan fingerprint density at radius 1 is 1.19 bits per heavy atom. The van der Waals surface area contributed by atoms with E-state index in [9.17, 15) is 14.7 Å². The number of esters is 1. The van der Waals surface area contributed by atoms with Gasteiger partial charge in [-0.1, -0.05) is 31.8 Å². The average Bonchev–Trinajstić information content (AvgIpc) is 2.40. The van der Waals surface area contributed by atoms with Crippen LogP contribution < -0.4 is 0 Å². The summed E-state index contributed by atoms with van der Waals surface area (Å²) in [5.74, 6) is -1.30. The van der Waals surface area contributed by atoms with Gasteiger partial charge < -0.3 is 9.84 Å². The number of carboxylic acid groups (broad SMARTS) is 1. The summed E-state index contributed by atoms with van der Waals surface area (Å²) in [7, 11) is -1.28. The molecule has 1 rings (SSSR count). The van der Waals surface area contributed by atoms with E-state index in [4.69, 9.17) is 4.74 Å². The second kappa shape index (κ2) is 8.21. The molecule has 0 amide bonds. The van der Waals surface area contributed by atoms with E-state index in [2.05, 4.69) is 19.6 Å². The summed E-state index contributed by atoms with van der Waals surface area (Å²) in [6.45, 7) is 16.0. The molecule has 1 aromatic carbocycles. The minimum atomic E-state index is -1.28. The molecule has 0 unspecified atom stereocenters. The van der Waals surface area contributed by atoms with Crippen LogP contribution >= 0.6 is 0 Å². The standard InChI is InChI=1S/C21H32O4Si/c1-14-13-16(9-10-18(22)25-21(3,4)5)17(11-12-26(6,7)8)15(2)19(14)20(23)24/h9-10,13H,11-12H2,1-8H3,(H,23,24). The molecule has 0 heterocycles. The van der Waals surface area contributed by atoms with Crippen LogP contribution in [0.4, 0.5) is 0 Å². The zero-order chi connectivity index (χ0) is 20.3. The van der Waals surface area contributed by atoms with Gasteiger partial charge in [0.15, 0.2) is 0 Å². The molecule has 0 aromatic heterocycles. The fraction of sp³-hybridized carbons (Fsp3) is 0.524. The summed E-state index contributed by atoms with van der Waals surface area (Å²) < 4.78 is 5.32. The maximum absolute atomic E-state index is 12.0. The predicted molar refractivity (Wildman–Crippen MR) is 110 cm³/mol. The van der Waals surface area contributed by atoms with Gasteiger partial charge in [-0.15, -0.1) is 0 Å². The SMILES string of the molecule is Cc1cc(C=CC(=O)OC(C)(C)C)c(CC[Si](C)(C)C)c(C)c1C(=O)O. The maximum Gasteiger partial charge on any atom is 0.336 e. The van der Waals surface area contributed by atoms with E-state index < -0.39 is 25.6 Å². The summed E-state index contributed by atoms with van der Waals surface area (Å²) in [5, 5.41) is 9.55. The molecule has 1 N–H and O–H groups in total. The van der Waals surface area contributed by atoms with Gasteiger partial charge in [0.2, 0.25) is 0 Å². The lowest BCUT2D eigenvalue weighted by Gasteiger charge is -2.20. The second-order valence-corrected chi connectivity index (χ2v) is 14.6. The highest BCUT2D eigenvalue weighted by molar-refractivity contribution is 6.76. The largest absolute Gasteiger partial charge is 0.478 e. The van der Waals surface area contributed by atoms with E-state index in [-0.39, 0.29) is 0 Å². The third-order valence-corrected chi connectivity index (χ3v) is 5.84. The monoisotopic (exact) mass is 376 g/mol. The molecule has 0 saturated heterocycles. The molecule has 0 aliphatic carbocycles. The highest BCUT2D eigenvalue weighted by Gasteiger charge is 2.20. The number of carbonyl (C=O) groups is 2. The molecule has 1 aromatic rings. The fourth-order valence-corrected chi connectivity index (χ4v) is 3.86. The van der Waals surface area contributed by atoms with Gasteiger partial charge >= 0.3 is 11.9 Å². The van der Waals surface area contributed by atoms with Crippen LogP contribution in [0.2, 0.25) is 25.7 Å². The zero-order valence-corrected chi connectivity index (χ0v) is 18.3. The molecule has 5 heteroatoms. The van der Waals surface area contributed by atoms with Gasteiger partial charge in [-0.05, 0) is 69.4 Å². The Hall–Kier alpha value is -1.88. The van der Waals surface area contributed by atoms with Gasteiger partial charge in [-0.2, -0.15) is 0 Å². The van der Waals surface area contributed by atoms with Crippen molar-refractivity contribution in [3.8, 4) is 0 Å². The van der Waals surface area contributed by atoms with E-state index in [1.165, 1.54) is 6.08 Å². The Kier molecular flexibility index (Phi) is 7.00. The van der Waals surface area contributed by atoms with Crippen molar-refractivity contribution in [3.05, 3.63) is 40.0 Å². The van der Waals surface area contributed by atoms with E-state index in [0.717, 1.165) is 29.2 Å². The normalized spacial score (nSPS) is 12.5. The Balaban J connectivity index is 3.32. The van der Waals surface area contributed by atoms with Crippen molar-refractivity contribution >= 4 is 26.1 Å². The summed E-state index contributed by atoms with van der Waals surface area (Å²) in [4.78, 5) is 23.7. The number of ether oxygens (including phenoxy) is 1. The number of hydrogen-bond acceptors (Lipinski definition) is 3. The number of hydrogen-bond donors (Lipinski definition) is 1. The van der Waals surface area contributed by atoms with Crippen LogP contribution in [0.15, 0.2) is 12.1 Å². The lowest BCUT2D eigenvalue weighted by atomic mass is 9.91. The number of benzene rings is 1. The van der Waals surface area contributed by atoms with Crippen LogP contribution in [0.25, 0.3) is 6.08 Å². The Morgan fingerprint density at radius 3 is 2.23 bits per heavy atom. The van der Waals surface area contributed by atoms with Crippen LogP contribution in [0.1, 0.15) is 53.4 Å². The second-order valence-electron chi connectivity index (χ2n) is 8.99. The van der Waals surface area contributed by atoms with Gasteiger partial charge in [0, 0.05) is 14.1 Å². The number of carboxylic acids is 1. The van der Waals surface area contributed by atoms with Gasteiger partial charge in [0.05, 0.1) is 5.56 Å². The molecule has 4 nitrogen and oxygen atoms in total. The number of aromatic carboxylic acids is 1. The number of aryl methyl sites for hydroxylation is 1. The van der Waals surface area contributed by atoms with Crippen molar-refractivity contribution in [2.45, 2.75) is 72.3 Å². The summed E-state index contributed by atoms with van der Waals surface area (Å²) >= 11 is 0. The number of carbonyl (C=O) groups excluding carboxylic acids is 1. The fourth-order valence-electron chi connectivity index (χ4n) is 2.86. The first-order chi connectivity index (χ1) is 11.7. The molecule has 0 fully saturated rings. The van der Waals surface area contributed by atoms with Crippen LogP contribution in [-0.4, -0.2) is 30.7 Å². The molecule has 0 atom stereocenters. The Morgan fingerprint density at radius 2 is 1.77 bits per heavy atom. The predicted octanol–water partition coefficient (Wildman–Crippen LogP) is 5.24. The van der Waals surface area contributed by atoms with Gasteiger partial charge in [-0.3, -0.25) is 0 Å². The third-order valence-electron chi connectivity index (χ3n) is 4.09. The zero-order valence-electron chi connectivity index (χ0n) is 17.3. The van der Waals surface area contributed by atoms with Gasteiger partial charge in [0.25, 0.3) is 0 Å². The molecule has 0 spiro atoms. The van der Waals surface area contributed by atoms with Crippen LogP contribution in [-0.2, 0) is 16.0 Å². The minimum Gasteiger partial charge on any atom is -0.478 e. The lowest BCUT2D eigenvalue weighted by Crippen LogP contribution is -2.22. The quantitative estimate of drug-likeness (QED) is 0.419. The van der Waals surface area contributed by atoms with Crippen molar-refractivity contribution in [2.75, 3.05) is 0 Å².